The Kier molecular flexibility index (Phi) is 8.06. The van der Waals surface area contributed by atoms with E-state index in [0.717, 1.165) is 25.7 Å². The van der Waals surface area contributed by atoms with Crippen molar-refractivity contribution < 1.29 is 24.1 Å². The van der Waals surface area contributed by atoms with Gasteiger partial charge in [-0.3, -0.25) is 0 Å². The summed E-state index contributed by atoms with van der Waals surface area (Å²) in [6.45, 7) is 2.52. The number of hydrogen-bond donors (Lipinski definition) is 1. The van der Waals surface area contributed by atoms with Gasteiger partial charge < -0.3 is 19.3 Å². The maximum absolute atomic E-state index is 10.8. The molecule has 1 unspecified atom stereocenters. The van der Waals surface area contributed by atoms with Gasteiger partial charge in [-0.2, -0.15) is 0 Å². The lowest BCUT2D eigenvalue weighted by molar-refractivity contribution is -0.200. The minimum atomic E-state index is -0.881. The summed E-state index contributed by atoms with van der Waals surface area (Å²) in [5, 5.41) is 8.83. The molecular weight excluding hydrogens is 296 g/mol. The van der Waals surface area contributed by atoms with Gasteiger partial charge in [0.05, 0.1) is 25.4 Å². The molecule has 0 amide bonds. The predicted octanol–water partition coefficient (Wildman–Crippen LogP) is 3.67. The van der Waals surface area contributed by atoms with Crippen LogP contribution in [0.4, 0.5) is 0 Å². The minimum Gasteiger partial charge on any atom is -0.478 e. The Hall–Kier alpha value is -0.910. The lowest BCUT2D eigenvalue weighted by atomic mass is 10.2. The van der Waals surface area contributed by atoms with E-state index in [4.69, 9.17) is 19.3 Å². The lowest BCUT2D eigenvalue weighted by Gasteiger charge is -2.23. The van der Waals surface area contributed by atoms with Crippen LogP contribution in [0, 0.1) is 0 Å². The molecular formula is C18H30O5. The smallest absolute Gasteiger partial charge is 0.330 e. The summed E-state index contributed by atoms with van der Waals surface area (Å²) >= 11 is 0. The van der Waals surface area contributed by atoms with Crippen LogP contribution in [0.1, 0.15) is 64.7 Å². The molecule has 0 radical (unpaired) electrons. The number of carbonyl (C=O) groups is 1. The van der Waals surface area contributed by atoms with Crippen LogP contribution in [-0.2, 0) is 19.0 Å². The van der Waals surface area contributed by atoms with Crippen LogP contribution in [0.5, 0.6) is 0 Å². The molecule has 2 rings (SSSR count). The van der Waals surface area contributed by atoms with E-state index in [1.165, 1.54) is 25.7 Å². The van der Waals surface area contributed by atoms with E-state index in [1.807, 2.05) is 0 Å². The third-order valence-electron chi connectivity index (χ3n) is 4.63. The highest BCUT2D eigenvalue weighted by Crippen LogP contribution is 2.24. The van der Waals surface area contributed by atoms with Crippen LogP contribution in [0.15, 0.2) is 11.6 Å². The van der Waals surface area contributed by atoms with Gasteiger partial charge in [-0.05, 0) is 39.0 Å². The van der Waals surface area contributed by atoms with E-state index >= 15 is 0 Å². The highest BCUT2D eigenvalue weighted by molar-refractivity contribution is 5.85. The molecule has 0 heterocycles. The van der Waals surface area contributed by atoms with Gasteiger partial charge in [-0.1, -0.05) is 31.8 Å². The van der Waals surface area contributed by atoms with Gasteiger partial charge in [0.25, 0.3) is 0 Å². The van der Waals surface area contributed by atoms with Crippen molar-refractivity contribution in [2.75, 3.05) is 13.2 Å². The zero-order chi connectivity index (χ0) is 16.5. The molecule has 0 spiro atoms. The van der Waals surface area contributed by atoms with Crippen LogP contribution in [-0.4, -0.2) is 42.8 Å². The van der Waals surface area contributed by atoms with Crippen molar-refractivity contribution in [2.45, 2.75) is 83.2 Å². The highest BCUT2D eigenvalue weighted by atomic mass is 16.7. The molecule has 0 aromatic rings. The van der Waals surface area contributed by atoms with Gasteiger partial charge >= 0.3 is 5.97 Å². The number of carboxylic acid groups (broad SMARTS) is 1. The first-order valence-electron chi connectivity index (χ1n) is 8.94. The molecule has 1 N–H and O–H groups in total. The third kappa shape index (κ3) is 7.02. The summed E-state index contributed by atoms with van der Waals surface area (Å²) in [5.74, 6) is -0.881. The first kappa shape index (κ1) is 18.4. The van der Waals surface area contributed by atoms with Crippen molar-refractivity contribution >= 4 is 5.97 Å². The standard InChI is InChI=1S/C18H30O5/c1-14(18(19)20)7-6-12-21-17(23-16-10-4-5-11-16)13-22-15-8-2-3-9-15/h7,15-17H,2-6,8-13H2,1H3,(H,19,20). The zero-order valence-corrected chi connectivity index (χ0v) is 14.2. The third-order valence-corrected chi connectivity index (χ3v) is 4.63. The predicted molar refractivity (Wildman–Crippen MR) is 87.3 cm³/mol. The molecule has 132 valence electrons. The summed E-state index contributed by atoms with van der Waals surface area (Å²) in [6, 6.07) is 0. The van der Waals surface area contributed by atoms with E-state index in [0.29, 0.717) is 31.3 Å². The second-order valence-electron chi connectivity index (χ2n) is 6.56. The number of carboxylic acids is 1. The Balaban J connectivity index is 1.72. The normalized spacial score (nSPS) is 21.9. The van der Waals surface area contributed by atoms with Crippen molar-refractivity contribution in [2.24, 2.45) is 0 Å². The van der Waals surface area contributed by atoms with Crippen LogP contribution in [0.2, 0.25) is 0 Å². The Morgan fingerprint density at radius 2 is 1.74 bits per heavy atom. The first-order chi connectivity index (χ1) is 11.1. The molecule has 0 aliphatic heterocycles. The first-order valence-corrected chi connectivity index (χ1v) is 8.94. The van der Waals surface area contributed by atoms with Gasteiger partial charge in [-0.15, -0.1) is 0 Å². The molecule has 0 aromatic carbocycles. The van der Waals surface area contributed by atoms with Crippen LogP contribution >= 0.6 is 0 Å². The molecule has 23 heavy (non-hydrogen) atoms. The average Bonchev–Trinajstić information content (AvgIpc) is 3.21. The number of rotatable bonds is 10. The van der Waals surface area contributed by atoms with Gasteiger partial charge in [0, 0.05) is 5.57 Å². The monoisotopic (exact) mass is 326 g/mol. The molecule has 2 saturated carbocycles. The van der Waals surface area contributed by atoms with Crippen LogP contribution < -0.4 is 0 Å². The number of aliphatic carboxylic acids is 1. The second-order valence-corrected chi connectivity index (χ2v) is 6.56. The fourth-order valence-corrected chi connectivity index (χ4v) is 3.20. The van der Waals surface area contributed by atoms with Gasteiger partial charge in [0.1, 0.15) is 0 Å². The molecule has 0 aromatic heterocycles. The van der Waals surface area contributed by atoms with E-state index in [2.05, 4.69) is 0 Å². The summed E-state index contributed by atoms with van der Waals surface area (Å²) in [6.07, 6.45) is 12.0. The zero-order valence-electron chi connectivity index (χ0n) is 14.2. The van der Waals surface area contributed by atoms with Crippen molar-refractivity contribution in [1.29, 1.82) is 0 Å². The maximum Gasteiger partial charge on any atom is 0.330 e. The molecule has 2 fully saturated rings. The second kappa shape index (κ2) is 10.1. The maximum atomic E-state index is 10.8. The molecule has 5 nitrogen and oxygen atoms in total. The fraction of sp³-hybridized carbons (Fsp3) is 0.833. The highest BCUT2D eigenvalue weighted by Gasteiger charge is 2.23. The summed E-state index contributed by atoms with van der Waals surface area (Å²) in [4.78, 5) is 10.8. The van der Waals surface area contributed by atoms with Crippen LogP contribution in [0.3, 0.4) is 0 Å². The fourth-order valence-electron chi connectivity index (χ4n) is 3.20. The molecule has 2 aliphatic rings. The Morgan fingerprint density at radius 3 is 2.35 bits per heavy atom. The van der Waals surface area contributed by atoms with Crippen molar-refractivity contribution in [3.63, 3.8) is 0 Å². The Labute approximate surface area is 139 Å². The van der Waals surface area contributed by atoms with Gasteiger partial charge in [0.15, 0.2) is 6.29 Å². The van der Waals surface area contributed by atoms with Crippen molar-refractivity contribution in [1.82, 2.24) is 0 Å². The number of hydrogen-bond acceptors (Lipinski definition) is 4. The summed E-state index contributed by atoms with van der Waals surface area (Å²) < 4.78 is 17.8. The molecule has 2 aliphatic carbocycles. The SMILES string of the molecule is CC(=CCCOC(COC1CCCC1)OC1CCCC1)C(=O)O. The lowest BCUT2D eigenvalue weighted by Crippen LogP contribution is -2.30. The minimum absolute atomic E-state index is 0.281. The van der Waals surface area contributed by atoms with Crippen LogP contribution in [0.25, 0.3) is 0 Å². The number of ether oxygens (including phenoxy) is 3. The van der Waals surface area contributed by atoms with Crippen molar-refractivity contribution in [3.8, 4) is 0 Å². The average molecular weight is 326 g/mol. The quantitative estimate of drug-likeness (QED) is 0.377. The summed E-state index contributed by atoms with van der Waals surface area (Å²) in [5.41, 5.74) is 0.351. The molecule has 1 atom stereocenters. The van der Waals surface area contributed by atoms with E-state index in [-0.39, 0.29) is 12.4 Å². The van der Waals surface area contributed by atoms with E-state index in [9.17, 15) is 4.79 Å². The van der Waals surface area contributed by atoms with Gasteiger partial charge in [-0.25, -0.2) is 4.79 Å². The van der Waals surface area contributed by atoms with Gasteiger partial charge in [0.2, 0.25) is 0 Å². The molecule has 5 heteroatoms. The van der Waals surface area contributed by atoms with E-state index in [1.54, 1.807) is 13.0 Å². The van der Waals surface area contributed by atoms with E-state index < -0.39 is 5.97 Å². The topological polar surface area (TPSA) is 65.0 Å². The molecule has 0 saturated heterocycles. The molecule has 0 bridgehead atoms. The Bertz CT molecular complexity index is 381. The Morgan fingerprint density at radius 1 is 1.13 bits per heavy atom. The largest absolute Gasteiger partial charge is 0.478 e. The van der Waals surface area contributed by atoms with Crippen molar-refractivity contribution in [3.05, 3.63) is 11.6 Å². The summed E-state index contributed by atoms with van der Waals surface area (Å²) in [7, 11) is 0.